The van der Waals surface area contributed by atoms with Crippen LogP contribution in [0.2, 0.25) is 0 Å². The van der Waals surface area contributed by atoms with Crippen molar-refractivity contribution in [1.29, 1.82) is 0 Å². The number of piperidine rings is 1. The van der Waals surface area contributed by atoms with Gasteiger partial charge in [-0.05, 0) is 56.5 Å². The number of nitrogens with one attached hydrogen (secondary N) is 1. The van der Waals surface area contributed by atoms with Crippen molar-refractivity contribution in [2.24, 2.45) is 5.92 Å². The Labute approximate surface area is 152 Å². The third-order valence-corrected chi connectivity index (χ3v) is 5.59. The minimum absolute atomic E-state index is 0.0358. The number of carbonyl (C=O) groups excluding carboxylic acids is 1. The summed E-state index contributed by atoms with van der Waals surface area (Å²) in [5.74, 6) is 0.506. The second-order valence-corrected chi connectivity index (χ2v) is 7.50. The van der Waals surface area contributed by atoms with Gasteiger partial charge in [0.05, 0.1) is 5.01 Å². The molecule has 1 aromatic carbocycles. The van der Waals surface area contributed by atoms with Crippen molar-refractivity contribution in [2.45, 2.75) is 25.7 Å². The van der Waals surface area contributed by atoms with E-state index in [9.17, 15) is 9.18 Å². The van der Waals surface area contributed by atoms with E-state index in [0.717, 1.165) is 43.0 Å². The molecule has 1 aromatic heterocycles. The van der Waals surface area contributed by atoms with E-state index < -0.39 is 0 Å². The summed E-state index contributed by atoms with van der Waals surface area (Å²) >= 11 is 1.49. The van der Waals surface area contributed by atoms with E-state index in [1.165, 1.54) is 29.9 Å². The van der Waals surface area contributed by atoms with E-state index in [1.807, 2.05) is 17.3 Å². The molecule has 2 heterocycles. The number of hydrogen-bond donors (Lipinski definition) is 1. The first-order chi connectivity index (χ1) is 12.2. The molecule has 1 amide bonds. The van der Waals surface area contributed by atoms with Crippen LogP contribution in [0.15, 0.2) is 29.6 Å². The van der Waals surface area contributed by atoms with Crippen LogP contribution in [0.3, 0.4) is 0 Å². The quantitative estimate of drug-likeness (QED) is 0.858. The van der Waals surface area contributed by atoms with Gasteiger partial charge in [-0.2, -0.15) is 0 Å². The molecular formula is C19H24FN3OS. The molecule has 134 valence electrons. The molecule has 2 aromatic rings. The van der Waals surface area contributed by atoms with Gasteiger partial charge in [-0.1, -0.05) is 12.1 Å². The minimum atomic E-state index is -0.239. The summed E-state index contributed by atoms with van der Waals surface area (Å²) < 4.78 is 13.0. The number of thiazole rings is 1. The average molecular weight is 361 g/mol. The molecule has 0 saturated carbocycles. The number of halogens is 1. The van der Waals surface area contributed by atoms with Crippen LogP contribution in [0.4, 0.5) is 4.39 Å². The van der Waals surface area contributed by atoms with E-state index in [0.29, 0.717) is 18.0 Å². The zero-order valence-corrected chi connectivity index (χ0v) is 15.3. The Balaban J connectivity index is 1.55. The maximum Gasteiger partial charge on any atom is 0.273 e. The minimum Gasteiger partial charge on any atom is -0.337 e. The molecule has 1 aliphatic heterocycles. The summed E-state index contributed by atoms with van der Waals surface area (Å²) in [6, 6.07) is 6.42. The lowest BCUT2D eigenvalue weighted by atomic mass is 9.93. The lowest BCUT2D eigenvalue weighted by molar-refractivity contribution is 0.0682. The average Bonchev–Trinajstić information content (AvgIpc) is 3.10. The van der Waals surface area contributed by atoms with Crippen molar-refractivity contribution in [3.63, 3.8) is 0 Å². The number of rotatable bonds is 6. The highest BCUT2D eigenvalue weighted by atomic mass is 32.1. The Morgan fingerprint density at radius 2 is 2.04 bits per heavy atom. The number of benzene rings is 1. The Morgan fingerprint density at radius 1 is 1.32 bits per heavy atom. The van der Waals surface area contributed by atoms with E-state index >= 15 is 0 Å². The van der Waals surface area contributed by atoms with Gasteiger partial charge in [-0.3, -0.25) is 4.79 Å². The van der Waals surface area contributed by atoms with Crippen LogP contribution in [-0.2, 0) is 6.42 Å². The van der Waals surface area contributed by atoms with E-state index in [-0.39, 0.29) is 11.7 Å². The molecule has 1 fully saturated rings. The van der Waals surface area contributed by atoms with Gasteiger partial charge in [0.1, 0.15) is 11.5 Å². The Kier molecular flexibility index (Phi) is 6.15. The monoisotopic (exact) mass is 361 g/mol. The van der Waals surface area contributed by atoms with Crippen molar-refractivity contribution < 1.29 is 9.18 Å². The van der Waals surface area contributed by atoms with Crippen LogP contribution in [0.25, 0.3) is 0 Å². The van der Waals surface area contributed by atoms with Gasteiger partial charge in [-0.15, -0.1) is 11.3 Å². The fourth-order valence-electron chi connectivity index (χ4n) is 3.20. The largest absolute Gasteiger partial charge is 0.337 e. The smallest absolute Gasteiger partial charge is 0.273 e. The summed E-state index contributed by atoms with van der Waals surface area (Å²) in [5.41, 5.74) is 1.54. The molecule has 0 unspecified atom stereocenters. The molecule has 0 bridgehead atoms. The summed E-state index contributed by atoms with van der Waals surface area (Å²) in [5, 5.41) is 5.92. The maximum atomic E-state index is 13.0. The fourth-order valence-corrected chi connectivity index (χ4v) is 4.00. The maximum absolute atomic E-state index is 13.0. The zero-order valence-electron chi connectivity index (χ0n) is 14.5. The molecule has 6 heteroatoms. The molecule has 1 saturated heterocycles. The molecular weight excluding hydrogens is 337 g/mol. The normalized spacial score (nSPS) is 15.5. The lowest BCUT2D eigenvalue weighted by Crippen LogP contribution is -2.39. The molecule has 25 heavy (non-hydrogen) atoms. The zero-order chi connectivity index (χ0) is 17.6. The van der Waals surface area contributed by atoms with Crippen LogP contribution in [0.1, 0.15) is 40.3 Å². The van der Waals surface area contributed by atoms with Crippen LogP contribution in [-0.4, -0.2) is 42.5 Å². The van der Waals surface area contributed by atoms with Crippen LogP contribution >= 0.6 is 11.3 Å². The van der Waals surface area contributed by atoms with Crippen molar-refractivity contribution in [3.8, 4) is 0 Å². The van der Waals surface area contributed by atoms with Crippen molar-refractivity contribution >= 4 is 17.2 Å². The molecule has 1 N–H and O–H groups in total. The lowest BCUT2D eigenvalue weighted by Gasteiger charge is -2.31. The number of nitrogens with zero attached hydrogens (tertiary/aromatic N) is 2. The second-order valence-electron chi connectivity index (χ2n) is 6.56. The SMILES string of the molecule is CNCCC1CCN(C(=O)c2csc(Cc3ccc(F)cc3)n2)CC1. The molecule has 0 radical (unpaired) electrons. The van der Waals surface area contributed by atoms with Gasteiger partial charge in [-0.25, -0.2) is 9.37 Å². The first-order valence-corrected chi connectivity index (χ1v) is 9.66. The standard InChI is InChI=1S/C19H24FN3OS/c1-21-9-6-14-7-10-23(11-8-14)19(24)17-13-25-18(22-17)12-15-2-4-16(20)5-3-15/h2-5,13-14,21H,6-12H2,1H3. The Hall–Kier alpha value is -1.79. The Morgan fingerprint density at radius 3 is 2.72 bits per heavy atom. The van der Waals surface area contributed by atoms with Crippen LogP contribution < -0.4 is 5.32 Å². The predicted molar refractivity (Wildman–Crippen MR) is 98.5 cm³/mol. The van der Waals surface area contributed by atoms with Gasteiger partial charge in [0, 0.05) is 24.9 Å². The summed E-state index contributed by atoms with van der Waals surface area (Å²) in [7, 11) is 1.98. The molecule has 3 rings (SSSR count). The first kappa shape index (κ1) is 18.0. The van der Waals surface area contributed by atoms with Crippen molar-refractivity contribution in [2.75, 3.05) is 26.7 Å². The van der Waals surface area contributed by atoms with Gasteiger partial charge in [0.15, 0.2) is 0 Å². The van der Waals surface area contributed by atoms with Gasteiger partial charge >= 0.3 is 0 Å². The van der Waals surface area contributed by atoms with Crippen LogP contribution in [0, 0.1) is 11.7 Å². The number of aromatic nitrogens is 1. The fraction of sp³-hybridized carbons (Fsp3) is 0.474. The molecule has 0 spiro atoms. The molecule has 1 aliphatic rings. The number of hydrogen-bond acceptors (Lipinski definition) is 4. The topological polar surface area (TPSA) is 45.2 Å². The van der Waals surface area contributed by atoms with Crippen LogP contribution in [0.5, 0.6) is 0 Å². The predicted octanol–water partition coefficient (Wildman–Crippen LogP) is 3.33. The number of carbonyl (C=O) groups is 1. The molecule has 0 aliphatic carbocycles. The highest BCUT2D eigenvalue weighted by Crippen LogP contribution is 2.22. The highest BCUT2D eigenvalue weighted by molar-refractivity contribution is 7.09. The third kappa shape index (κ3) is 4.86. The molecule has 4 nitrogen and oxygen atoms in total. The molecule has 0 atom stereocenters. The second kappa shape index (κ2) is 8.54. The van der Waals surface area contributed by atoms with Crippen molar-refractivity contribution in [3.05, 3.63) is 51.7 Å². The first-order valence-electron chi connectivity index (χ1n) is 8.78. The van der Waals surface area contributed by atoms with Gasteiger partial charge in [0.2, 0.25) is 0 Å². The third-order valence-electron chi connectivity index (χ3n) is 4.74. The summed E-state index contributed by atoms with van der Waals surface area (Å²) in [6.07, 6.45) is 3.95. The van der Waals surface area contributed by atoms with E-state index in [2.05, 4.69) is 10.3 Å². The summed E-state index contributed by atoms with van der Waals surface area (Å²) in [6.45, 7) is 2.67. The summed E-state index contributed by atoms with van der Waals surface area (Å²) in [4.78, 5) is 19.1. The van der Waals surface area contributed by atoms with E-state index in [1.54, 1.807) is 12.1 Å². The highest BCUT2D eigenvalue weighted by Gasteiger charge is 2.24. The van der Waals surface area contributed by atoms with Crippen molar-refractivity contribution in [1.82, 2.24) is 15.2 Å². The van der Waals surface area contributed by atoms with Gasteiger partial charge in [0.25, 0.3) is 5.91 Å². The number of likely N-dealkylation sites (tertiary alicyclic amines) is 1. The Bertz CT molecular complexity index is 693. The van der Waals surface area contributed by atoms with E-state index in [4.69, 9.17) is 0 Å². The number of amides is 1. The van der Waals surface area contributed by atoms with Gasteiger partial charge < -0.3 is 10.2 Å².